The molecule has 1 saturated heterocycles. The maximum Gasteiger partial charge on any atom is 0.251 e. The fourth-order valence-corrected chi connectivity index (χ4v) is 4.13. The third-order valence-corrected chi connectivity index (χ3v) is 5.45. The molecule has 0 unspecified atom stereocenters. The number of nitrogen functional groups attached to an aromatic ring is 1. The van der Waals surface area contributed by atoms with E-state index in [1.54, 1.807) is 19.2 Å². The van der Waals surface area contributed by atoms with Gasteiger partial charge in [0.15, 0.2) is 0 Å². The first kappa shape index (κ1) is 15.9. The summed E-state index contributed by atoms with van der Waals surface area (Å²) in [6.07, 6.45) is 2.74. The van der Waals surface area contributed by atoms with E-state index in [9.17, 15) is 9.59 Å². The van der Waals surface area contributed by atoms with Crippen molar-refractivity contribution in [2.24, 2.45) is 5.92 Å². The molecule has 0 aromatic carbocycles. The molecule has 2 aromatic rings. The van der Waals surface area contributed by atoms with Gasteiger partial charge < -0.3 is 15.2 Å². The van der Waals surface area contributed by atoms with Crippen LogP contribution in [0.1, 0.15) is 30.5 Å². The van der Waals surface area contributed by atoms with Crippen molar-refractivity contribution in [1.82, 2.24) is 14.5 Å². The van der Waals surface area contributed by atoms with E-state index in [-0.39, 0.29) is 17.4 Å². The molecule has 0 aliphatic carbocycles. The van der Waals surface area contributed by atoms with Crippen molar-refractivity contribution in [2.45, 2.75) is 32.7 Å². The van der Waals surface area contributed by atoms with Gasteiger partial charge in [-0.2, -0.15) is 0 Å². The predicted octanol–water partition coefficient (Wildman–Crippen LogP) is 1.77. The van der Waals surface area contributed by atoms with E-state index >= 15 is 0 Å². The maximum atomic E-state index is 12.7. The topological polar surface area (TPSA) is 81.2 Å². The molecule has 0 radical (unpaired) electrons. The maximum absolute atomic E-state index is 12.7. The number of amides is 1. The van der Waals surface area contributed by atoms with Crippen LogP contribution in [0.3, 0.4) is 0 Å². The molecular formula is C19H22N4O2. The number of hydrogen-bond acceptors (Lipinski definition) is 4. The second kappa shape index (κ2) is 5.72. The van der Waals surface area contributed by atoms with Gasteiger partial charge in [0.05, 0.1) is 0 Å². The molecule has 2 atom stereocenters. The van der Waals surface area contributed by atoms with Crippen molar-refractivity contribution in [1.29, 1.82) is 0 Å². The SMILES string of the molecule is CC(=O)N1C[C@@H]2C[C@H](C1)c1cc(-c3cnc(N)c(C)c3)cc(=O)n1C2. The smallest absolute Gasteiger partial charge is 0.251 e. The van der Waals surface area contributed by atoms with E-state index in [4.69, 9.17) is 5.73 Å². The quantitative estimate of drug-likeness (QED) is 0.859. The van der Waals surface area contributed by atoms with Crippen LogP contribution in [0.5, 0.6) is 0 Å². The Hall–Kier alpha value is -2.63. The standard InChI is InChI=1S/C19H22N4O2/c1-11-3-15(7-21-19(11)20)14-5-17-16-4-13(8-22(10-16)12(2)24)9-23(17)18(25)6-14/h3,5-7,13,16H,4,8-10H2,1-2H3,(H2,20,21)/t13-,16+/m0/s1. The second-order valence-corrected chi connectivity index (χ2v) is 7.27. The lowest BCUT2D eigenvalue weighted by Gasteiger charge is -2.42. The van der Waals surface area contributed by atoms with E-state index in [2.05, 4.69) is 11.1 Å². The molecule has 2 aliphatic heterocycles. The van der Waals surface area contributed by atoms with Crippen molar-refractivity contribution in [2.75, 3.05) is 18.8 Å². The van der Waals surface area contributed by atoms with Crippen LogP contribution in [0.2, 0.25) is 0 Å². The Balaban J connectivity index is 1.78. The van der Waals surface area contributed by atoms with E-state index < -0.39 is 0 Å². The normalized spacial score (nSPS) is 21.8. The fourth-order valence-electron chi connectivity index (χ4n) is 4.13. The average molecular weight is 338 g/mol. The van der Waals surface area contributed by atoms with E-state index in [0.717, 1.165) is 35.3 Å². The first-order chi connectivity index (χ1) is 11.9. The summed E-state index contributed by atoms with van der Waals surface area (Å²) in [5.74, 6) is 1.19. The molecule has 6 heteroatoms. The zero-order valence-electron chi connectivity index (χ0n) is 14.5. The largest absolute Gasteiger partial charge is 0.383 e. The van der Waals surface area contributed by atoms with Crippen LogP contribution >= 0.6 is 0 Å². The molecule has 4 heterocycles. The number of nitrogens with zero attached hydrogens (tertiary/aromatic N) is 3. The third kappa shape index (κ3) is 2.71. The Morgan fingerprint density at radius 3 is 2.72 bits per heavy atom. The number of nitrogens with two attached hydrogens (primary N) is 1. The highest BCUT2D eigenvalue weighted by Gasteiger charge is 2.35. The molecule has 6 nitrogen and oxygen atoms in total. The average Bonchev–Trinajstić information content (AvgIpc) is 2.58. The van der Waals surface area contributed by atoms with Crippen LogP contribution in [-0.2, 0) is 11.3 Å². The van der Waals surface area contributed by atoms with Crippen LogP contribution in [0, 0.1) is 12.8 Å². The fraction of sp³-hybridized carbons (Fsp3) is 0.421. The lowest BCUT2D eigenvalue weighted by molar-refractivity contribution is -0.131. The number of fused-ring (bicyclic) bond motifs is 4. The Morgan fingerprint density at radius 1 is 1.20 bits per heavy atom. The molecule has 1 amide bonds. The first-order valence-electron chi connectivity index (χ1n) is 8.65. The summed E-state index contributed by atoms with van der Waals surface area (Å²) in [6, 6.07) is 5.72. The number of pyridine rings is 2. The number of likely N-dealkylation sites (tertiary alicyclic amines) is 1. The highest BCUT2D eigenvalue weighted by molar-refractivity contribution is 5.73. The van der Waals surface area contributed by atoms with Gasteiger partial charge >= 0.3 is 0 Å². The molecular weight excluding hydrogens is 316 g/mol. The highest BCUT2D eigenvalue weighted by atomic mass is 16.2. The number of aromatic nitrogens is 2. The van der Waals surface area contributed by atoms with Crippen molar-refractivity contribution in [3.63, 3.8) is 0 Å². The van der Waals surface area contributed by atoms with Crippen LogP contribution in [-0.4, -0.2) is 33.4 Å². The first-order valence-corrected chi connectivity index (χ1v) is 8.65. The summed E-state index contributed by atoms with van der Waals surface area (Å²) in [6.45, 7) is 5.66. The number of piperidine rings is 1. The molecule has 25 heavy (non-hydrogen) atoms. The van der Waals surface area contributed by atoms with Gasteiger partial charge in [-0.1, -0.05) is 0 Å². The van der Waals surface area contributed by atoms with Gasteiger partial charge in [0.25, 0.3) is 5.56 Å². The molecule has 130 valence electrons. The van der Waals surface area contributed by atoms with E-state index in [1.807, 2.05) is 22.5 Å². The molecule has 0 spiro atoms. The van der Waals surface area contributed by atoms with Crippen LogP contribution in [0.15, 0.2) is 29.2 Å². The number of carbonyl (C=O) groups is 1. The minimum atomic E-state index is 0.0213. The van der Waals surface area contributed by atoms with Crippen molar-refractivity contribution in [3.8, 4) is 11.1 Å². The molecule has 0 saturated carbocycles. The number of carbonyl (C=O) groups excluding carboxylic acids is 1. The van der Waals surface area contributed by atoms with Gasteiger partial charge in [-0.3, -0.25) is 9.59 Å². The monoisotopic (exact) mass is 338 g/mol. The van der Waals surface area contributed by atoms with Crippen molar-refractivity contribution in [3.05, 3.63) is 46.0 Å². The van der Waals surface area contributed by atoms with Crippen molar-refractivity contribution < 1.29 is 4.79 Å². The molecule has 2 N–H and O–H groups in total. The number of rotatable bonds is 1. The second-order valence-electron chi connectivity index (χ2n) is 7.27. The summed E-state index contributed by atoms with van der Waals surface area (Å²) in [5, 5.41) is 0. The molecule has 2 bridgehead atoms. The van der Waals surface area contributed by atoms with Gasteiger partial charge in [-0.05, 0) is 42.5 Å². The van der Waals surface area contributed by atoms with Gasteiger partial charge in [0, 0.05) is 56.0 Å². The van der Waals surface area contributed by atoms with Crippen molar-refractivity contribution >= 4 is 11.7 Å². The third-order valence-electron chi connectivity index (χ3n) is 5.45. The minimum absolute atomic E-state index is 0.0213. The van der Waals surface area contributed by atoms with Crippen LogP contribution in [0.25, 0.3) is 11.1 Å². The molecule has 2 aromatic heterocycles. The van der Waals surface area contributed by atoms with Gasteiger partial charge in [0.2, 0.25) is 5.91 Å². The van der Waals surface area contributed by atoms with Gasteiger partial charge in [-0.15, -0.1) is 0 Å². The summed E-state index contributed by atoms with van der Waals surface area (Å²) in [5.41, 5.74) is 9.51. The molecule has 2 aliphatic rings. The van der Waals surface area contributed by atoms with Gasteiger partial charge in [0.1, 0.15) is 5.82 Å². The number of aryl methyl sites for hydroxylation is 1. The predicted molar refractivity (Wildman–Crippen MR) is 96.2 cm³/mol. The molecule has 4 rings (SSSR count). The Bertz CT molecular complexity index is 918. The zero-order valence-corrected chi connectivity index (χ0v) is 14.5. The summed E-state index contributed by atoms with van der Waals surface area (Å²) < 4.78 is 1.89. The van der Waals surface area contributed by atoms with Gasteiger partial charge in [-0.25, -0.2) is 4.98 Å². The lowest BCUT2D eigenvalue weighted by Crippen LogP contribution is -2.48. The van der Waals surface area contributed by atoms with Crippen LogP contribution in [0.4, 0.5) is 5.82 Å². The number of hydrogen-bond donors (Lipinski definition) is 1. The summed E-state index contributed by atoms with van der Waals surface area (Å²) >= 11 is 0. The molecule has 1 fully saturated rings. The van der Waals surface area contributed by atoms with E-state index in [1.165, 1.54) is 0 Å². The number of anilines is 1. The zero-order chi connectivity index (χ0) is 17.7. The summed E-state index contributed by atoms with van der Waals surface area (Å²) in [4.78, 5) is 30.6. The summed E-state index contributed by atoms with van der Waals surface area (Å²) in [7, 11) is 0. The lowest BCUT2D eigenvalue weighted by atomic mass is 9.82. The Morgan fingerprint density at radius 2 is 2.00 bits per heavy atom. The Labute approximate surface area is 146 Å². The van der Waals surface area contributed by atoms with Crippen LogP contribution < -0.4 is 11.3 Å². The Kier molecular flexibility index (Phi) is 3.63. The highest BCUT2D eigenvalue weighted by Crippen LogP contribution is 2.36. The minimum Gasteiger partial charge on any atom is -0.383 e. The van der Waals surface area contributed by atoms with E-state index in [0.29, 0.717) is 24.8 Å².